The molecule has 17 heavy (non-hydrogen) atoms. The Morgan fingerprint density at radius 1 is 1.18 bits per heavy atom. The molecule has 0 fully saturated rings. The minimum atomic E-state index is 0.0109. The number of rotatable bonds is 1. The number of hydrogen-bond acceptors (Lipinski definition) is 3. The summed E-state index contributed by atoms with van der Waals surface area (Å²) in [7, 11) is 0. The zero-order valence-corrected chi connectivity index (χ0v) is 11.5. The monoisotopic (exact) mass is 234 g/mol. The molecule has 0 aromatic carbocycles. The van der Waals surface area contributed by atoms with E-state index in [2.05, 4.69) is 34.6 Å². The lowest BCUT2D eigenvalue weighted by atomic mass is 9.93. The van der Waals surface area contributed by atoms with Crippen molar-refractivity contribution in [2.45, 2.75) is 59.0 Å². The van der Waals surface area contributed by atoms with E-state index in [1.807, 2.05) is 0 Å². The third-order valence-electron chi connectivity index (χ3n) is 3.07. The Labute approximate surface area is 104 Å². The highest BCUT2D eigenvalue weighted by atomic mass is 16.5. The molecule has 0 aliphatic carbocycles. The molecule has 0 radical (unpaired) electrons. The van der Waals surface area contributed by atoms with Gasteiger partial charge in [0.05, 0.1) is 24.6 Å². The van der Waals surface area contributed by atoms with Gasteiger partial charge in [-0.25, -0.2) is 9.97 Å². The van der Waals surface area contributed by atoms with Crippen LogP contribution in [0.25, 0.3) is 0 Å². The molecule has 0 atom stereocenters. The van der Waals surface area contributed by atoms with Crippen LogP contribution in [0.15, 0.2) is 0 Å². The van der Waals surface area contributed by atoms with E-state index in [1.165, 1.54) is 17.0 Å². The van der Waals surface area contributed by atoms with Gasteiger partial charge >= 0.3 is 0 Å². The van der Waals surface area contributed by atoms with Crippen LogP contribution in [0.2, 0.25) is 0 Å². The van der Waals surface area contributed by atoms with Crippen LogP contribution in [0, 0.1) is 0 Å². The summed E-state index contributed by atoms with van der Waals surface area (Å²) >= 11 is 0. The standard InChI is InChI=1S/C14H22N2O/c1-9(2)12-10-8-17-7-6-11(10)15-13(16-12)14(3,4)5/h9H,6-8H2,1-5H3. The highest BCUT2D eigenvalue weighted by Gasteiger charge is 2.24. The van der Waals surface area contributed by atoms with Crippen molar-refractivity contribution >= 4 is 0 Å². The third-order valence-corrected chi connectivity index (χ3v) is 3.07. The van der Waals surface area contributed by atoms with E-state index in [1.54, 1.807) is 0 Å². The topological polar surface area (TPSA) is 35.0 Å². The Hall–Kier alpha value is -0.960. The fraction of sp³-hybridized carbons (Fsp3) is 0.714. The molecule has 3 nitrogen and oxygen atoms in total. The Balaban J connectivity index is 2.56. The van der Waals surface area contributed by atoms with Gasteiger partial charge in [0, 0.05) is 17.4 Å². The van der Waals surface area contributed by atoms with Crippen molar-refractivity contribution < 1.29 is 4.74 Å². The van der Waals surface area contributed by atoms with Gasteiger partial charge in [-0.1, -0.05) is 34.6 Å². The third kappa shape index (κ3) is 2.49. The zero-order valence-electron chi connectivity index (χ0n) is 11.5. The van der Waals surface area contributed by atoms with E-state index in [0.717, 1.165) is 18.9 Å². The Kier molecular flexibility index (Phi) is 3.21. The van der Waals surface area contributed by atoms with Crippen LogP contribution in [0.3, 0.4) is 0 Å². The lowest BCUT2D eigenvalue weighted by molar-refractivity contribution is 0.107. The summed E-state index contributed by atoms with van der Waals surface area (Å²) < 4.78 is 5.53. The van der Waals surface area contributed by atoms with Crippen LogP contribution >= 0.6 is 0 Å². The van der Waals surface area contributed by atoms with Crippen LogP contribution in [0.1, 0.15) is 63.3 Å². The van der Waals surface area contributed by atoms with Crippen molar-refractivity contribution in [2.24, 2.45) is 0 Å². The number of hydrogen-bond donors (Lipinski definition) is 0. The first-order chi connectivity index (χ1) is 7.89. The van der Waals surface area contributed by atoms with Crippen molar-refractivity contribution in [1.82, 2.24) is 9.97 Å². The largest absolute Gasteiger partial charge is 0.376 e. The highest BCUT2D eigenvalue weighted by Crippen LogP contribution is 2.27. The molecule has 0 unspecified atom stereocenters. The lowest BCUT2D eigenvalue weighted by Gasteiger charge is -2.25. The highest BCUT2D eigenvalue weighted by molar-refractivity contribution is 5.30. The van der Waals surface area contributed by atoms with Crippen LogP contribution in [0.5, 0.6) is 0 Å². The molecule has 0 saturated heterocycles. The van der Waals surface area contributed by atoms with E-state index < -0.39 is 0 Å². The lowest BCUT2D eigenvalue weighted by Crippen LogP contribution is -2.23. The molecule has 1 aromatic heterocycles. The van der Waals surface area contributed by atoms with Gasteiger partial charge in [0.1, 0.15) is 5.82 Å². The minimum absolute atomic E-state index is 0.0109. The molecule has 2 heterocycles. The van der Waals surface area contributed by atoms with Crippen molar-refractivity contribution in [2.75, 3.05) is 6.61 Å². The van der Waals surface area contributed by atoms with Gasteiger partial charge in [-0.05, 0) is 5.92 Å². The van der Waals surface area contributed by atoms with Gasteiger partial charge in [-0.15, -0.1) is 0 Å². The predicted octanol–water partition coefficient (Wildman–Crippen LogP) is 2.97. The summed E-state index contributed by atoms with van der Waals surface area (Å²) in [5.74, 6) is 1.39. The van der Waals surface area contributed by atoms with E-state index in [0.29, 0.717) is 12.5 Å². The average molecular weight is 234 g/mol. The second-order valence-electron chi connectivity index (χ2n) is 6.06. The molecular weight excluding hydrogens is 212 g/mol. The summed E-state index contributed by atoms with van der Waals surface area (Å²) in [5.41, 5.74) is 3.59. The van der Waals surface area contributed by atoms with Crippen molar-refractivity contribution in [3.8, 4) is 0 Å². The Morgan fingerprint density at radius 2 is 1.88 bits per heavy atom. The molecule has 0 spiro atoms. The summed E-state index contributed by atoms with van der Waals surface area (Å²) in [6.45, 7) is 12.3. The molecule has 0 saturated carbocycles. The predicted molar refractivity (Wildman–Crippen MR) is 68.2 cm³/mol. The van der Waals surface area contributed by atoms with Crippen LogP contribution in [-0.4, -0.2) is 16.6 Å². The number of aromatic nitrogens is 2. The number of fused-ring (bicyclic) bond motifs is 1. The fourth-order valence-electron chi connectivity index (χ4n) is 2.07. The molecule has 0 bridgehead atoms. The molecule has 0 N–H and O–H groups in total. The molecule has 1 aromatic rings. The maximum Gasteiger partial charge on any atom is 0.134 e. The van der Waals surface area contributed by atoms with E-state index >= 15 is 0 Å². The van der Waals surface area contributed by atoms with Crippen molar-refractivity contribution in [3.05, 3.63) is 22.8 Å². The van der Waals surface area contributed by atoms with E-state index in [-0.39, 0.29) is 5.41 Å². The second-order valence-corrected chi connectivity index (χ2v) is 6.06. The van der Waals surface area contributed by atoms with Gasteiger partial charge in [-0.3, -0.25) is 0 Å². The van der Waals surface area contributed by atoms with Crippen molar-refractivity contribution in [3.63, 3.8) is 0 Å². The molecule has 0 amide bonds. The number of ether oxygens (including phenoxy) is 1. The normalized spacial score (nSPS) is 16.1. The van der Waals surface area contributed by atoms with Crippen LogP contribution in [0.4, 0.5) is 0 Å². The molecule has 2 rings (SSSR count). The Bertz CT molecular complexity index is 419. The van der Waals surface area contributed by atoms with Crippen LogP contribution in [-0.2, 0) is 23.2 Å². The first-order valence-electron chi connectivity index (χ1n) is 6.37. The van der Waals surface area contributed by atoms with Gasteiger partial charge in [0.2, 0.25) is 0 Å². The quantitative estimate of drug-likeness (QED) is 0.749. The van der Waals surface area contributed by atoms with Crippen LogP contribution < -0.4 is 0 Å². The first-order valence-corrected chi connectivity index (χ1v) is 6.37. The summed E-state index contributed by atoms with van der Waals surface area (Å²) in [4.78, 5) is 9.50. The SMILES string of the molecule is CC(C)c1nc(C(C)(C)C)nc2c1COCC2. The van der Waals surface area contributed by atoms with Gasteiger partial charge in [0.25, 0.3) is 0 Å². The molecule has 1 aliphatic heterocycles. The molecule has 3 heteroatoms. The molecular formula is C14H22N2O. The average Bonchev–Trinajstić information content (AvgIpc) is 2.26. The summed E-state index contributed by atoms with van der Waals surface area (Å²) in [6, 6.07) is 0. The van der Waals surface area contributed by atoms with Gasteiger partial charge in [-0.2, -0.15) is 0 Å². The molecule has 1 aliphatic rings. The first kappa shape index (κ1) is 12.5. The summed E-state index contributed by atoms with van der Waals surface area (Å²) in [6.07, 6.45) is 0.917. The number of nitrogens with zero attached hydrogens (tertiary/aromatic N) is 2. The van der Waals surface area contributed by atoms with Gasteiger partial charge < -0.3 is 4.74 Å². The van der Waals surface area contributed by atoms with Gasteiger partial charge in [0.15, 0.2) is 0 Å². The van der Waals surface area contributed by atoms with E-state index in [9.17, 15) is 0 Å². The molecule has 94 valence electrons. The smallest absolute Gasteiger partial charge is 0.134 e. The Morgan fingerprint density at radius 3 is 2.47 bits per heavy atom. The zero-order chi connectivity index (χ0) is 12.6. The summed E-state index contributed by atoms with van der Waals surface area (Å²) in [5, 5.41) is 0. The fourth-order valence-corrected chi connectivity index (χ4v) is 2.07. The van der Waals surface area contributed by atoms with E-state index in [4.69, 9.17) is 14.7 Å². The minimum Gasteiger partial charge on any atom is -0.376 e. The second kappa shape index (κ2) is 4.37. The van der Waals surface area contributed by atoms with Crippen molar-refractivity contribution in [1.29, 1.82) is 0 Å². The maximum atomic E-state index is 5.53. The maximum absolute atomic E-state index is 5.53.